The lowest BCUT2D eigenvalue weighted by atomic mass is 10.5. The maximum atomic E-state index is 11.1. The number of aromatic nitrogens is 1. The molecule has 0 aliphatic carbocycles. The van der Waals surface area contributed by atoms with Crippen molar-refractivity contribution in [1.29, 1.82) is 0 Å². The first-order valence-corrected chi connectivity index (χ1v) is 5.49. The van der Waals surface area contributed by atoms with Gasteiger partial charge in [-0.25, -0.2) is 9.19 Å². The van der Waals surface area contributed by atoms with Gasteiger partial charge in [-0.3, -0.25) is 0 Å². The van der Waals surface area contributed by atoms with E-state index < -0.39 is 9.73 Å². The minimum atomic E-state index is -2.06. The molecule has 0 unspecified atom stereocenters. The molecule has 11 heavy (non-hydrogen) atoms. The smallest absolute Gasteiger partial charge is 0.161 e. The average molecular weight is 170 g/mol. The van der Waals surface area contributed by atoms with E-state index in [4.69, 9.17) is 0 Å². The Kier molecular flexibility index (Phi) is 2.24. The van der Waals surface area contributed by atoms with Gasteiger partial charge in [0.05, 0.1) is 0 Å². The predicted octanol–water partition coefficient (Wildman–Crippen LogP) is 1.44. The zero-order chi connectivity index (χ0) is 8.32. The third kappa shape index (κ3) is 3.13. The fourth-order valence-electron chi connectivity index (χ4n) is 0.633. The fourth-order valence-corrected chi connectivity index (χ4v) is 1.19. The van der Waals surface area contributed by atoms with Gasteiger partial charge in [0.15, 0.2) is 5.82 Å². The molecule has 0 spiro atoms. The molecule has 0 aliphatic rings. The summed E-state index contributed by atoms with van der Waals surface area (Å²) in [5.41, 5.74) is 0. The summed E-state index contributed by atoms with van der Waals surface area (Å²) in [6, 6.07) is 5.34. The van der Waals surface area contributed by atoms with Crippen LogP contribution in [0.2, 0.25) is 0 Å². The molecule has 0 bridgehead atoms. The lowest BCUT2D eigenvalue weighted by molar-refractivity contribution is 0.684. The molecular weight excluding hydrogens is 160 g/mol. The van der Waals surface area contributed by atoms with Crippen LogP contribution in [0.25, 0.3) is 0 Å². The van der Waals surface area contributed by atoms with E-state index in [0.717, 1.165) is 0 Å². The van der Waals surface area contributed by atoms with Crippen LogP contribution in [-0.4, -0.2) is 21.7 Å². The van der Waals surface area contributed by atoms with Gasteiger partial charge in [-0.15, -0.1) is 0 Å². The van der Waals surface area contributed by atoms with Crippen molar-refractivity contribution in [3.05, 3.63) is 24.4 Å². The standard InChI is InChI=1S/C7H10N2OS/c1-11(2,10)9-7-5-3-4-6-8-7/h3-6H,1-2H3. The molecular formula is C7H10N2OS. The number of nitrogens with zero attached hydrogens (tertiary/aromatic N) is 2. The molecule has 1 aromatic rings. The minimum absolute atomic E-state index is 0.530. The molecule has 0 fully saturated rings. The van der Waals surface area contributed by atoms with Crippen molar-refractivity contribution in [2.24, 2.45) is 4.36 Å². The van der Waals surface area contributed by atoms with E-state index in [1.165, 1.54) is 0 Å². The van der Waals surface area contributed by atoms with Crippen LogP contribution in [-0.2, 0) is 9.73 Å². The first-order chi connectivity index (χ1) is 5.08. The van der Waals surface area contributed by atoms with E-state index in [1.54, 1.807) is 30.8 Å². The van der Waals surface area contributed by atoms with Crippen LogP contribution in [0.1, 0.15) is 0 Å². The molecule has 0 aromatic carbocycles. The fraction of sp³-hybridized carbons (Fsp3) is 0.286. The van der Waals surface area contributed by atoms with Crippen molar-refractivity contribution in [3.63, 3.8) is 0 Å². The molecule has 1 aromatic heterocycles. The third-order valence-corrected chi connectivity index (χ3v) is 1.59. The van der Waals surface area contributed by atoms with Crippen molar-refractivity contribution in [1.82, 2.24) is 4.98 Å². The quantitative estimate of drug-likeness (QED) is 0.640. The summed E-state index contributed by atoms with van der Waals surface area (Å²) in [5, 5.41) is 0. The second-order valence-electron chi connectivity index (χ2n) is 2.46. The Morgan fingerprint density at radius 1 is 1.45 bits per heavy atom. The number of hydrogen-bond acceptors (Lipinski definition) is 3. The summed E-state index contributed by atoms with van der Waals surface area (Å²) in [6.07, 6.45) is 4.80. The maximum Gasteiger partial charge on any atom is 0.161 e. The monoisotopic (exact) mass is 170 g/mol. The van der Waals surface area contributed by atoms with E-state index in [0.29, 0.717) is 5.82 Å². The molecule has 60 valence electrons. The van der Waals surface area contributed by atoms with Gasteiger partial charge in [0, 0.05) is 28.4 Å². The molecule has 0 amide bonds. The summed E-state index contributed by atoms with van der Waals surface area (Å²) in [4.78, 5) is 3.92. The number of rotatable bonds is 1. The summed E-state index contributed by atoms with van der Waals surface area (Å²) in [7, 11) is -2.06. The number of hydrogen-bond donors (Lipinski definition) is 0. The Balaban J connectivity index is 3.08. The van der Waals surface area contributed by atoms with Gasteiger partial charge >= 0.3 is 0 Å². The predicted molar refractivity (Wildman–Crippen MR) is 46.3 cm³/mol. The second-order valence-corrected chi connectivity index (χ2v) is 5.01. The van der Waals surface area contributed by atoms with Crippen molar-refractivity contribution < 1.29 is 4.21 Å². The summed E-state index contributed by atoms with van der Waals surface area (Å²) < 4.78 is 15.1. The number of pyridine rings is 1. The molecule has 0 N–H and O–H groups in total. The van der Waals surface area contributed by atoms with Crippen molar-refractivity contribution in [2.45, 2.75) is 0 Å². The molecule has 3 nitrogen and oxygen atoms in total. The van der Waals surface area contributed by atoms with Crippen LogP contribution in [0.3, 0.4) is 0 Å². The zero-order valence-corrected chi connectivity index (χ0v) is 7.34. The third-order valence-electron chi connectivity index (χ3n) is 0.963. The van der Waals surface area contributed by atoms with Gasteiger partial charge in [0.25, 0.3) is 0 Å². The summed E-state index contributed by atoms with van der Waals surface area (Å²) >= 11 is 0. The highest BCUT2D eigenvalue weighted by molar-refractivity contribution is 7.92. The highest BCUT2D eigenvalue weighted by Crippen LogP contribution is 2.06. The molecule has 0 radical (unpaired) electrons. The largest absolute Gasteiger partial charge is 0.250 e. The van der Waals surface area contributed by atoms with Crippen molar-refractivity contribution >= 4 is 15.5 Å². The van der Waals surface area contributed by atoms with E-state index in [2.05, 4.69) is 9.35 Å². The zero-order valence-electron chi connectivity index (χ0n) is 6.52. The molecule has 0 saturated heterocycles. The molecule has 4 heteroatoms. The summed E-state index contributed by atoms with van der Waals surface area (Å²) in [5.74, 6) is 0.530. The van der Waals surface area contributed by atoms with Crippen LogP contribution in [0.5, 0.6) is 0 Å². The SMILES string of the molecule is CS(C)(=O)=Nc1ccccn1. The first-order valence-electron chi connectivity index (χ1n) is 3.16. The highest BCUT2D eigenvalue weighted by Gasteiger charge is 1.91. The van der Waals surface area contributed by atoms with Crippen LogP contribution in [0.4, 0.5) is 5.82 Å². The van der Waals surface area contributed by atoms with Crippen LogP contribution in [0.15, 0.2) is 28.8 Å². The lowest BCUT2D eigenvalue weighted by Gasteiger charge is -1.93. The second kappa shape index (κ2) is 3.00. The van der Waals surface area contributed by atoms with Crippen molar-refractivity contribution in [3.8, 4) is 0 Å². The van der Waals surface area contributed by atoms with Gasteiger partial charge in [0.2, 0.25) is 0 Å². The van der Waals surface area contributed by atoms with Crippen molar-refractivity contribution in [2.75, 3.05) is 12.5 Å². The Hall–Kier alpha value is -0.900. The Morgan fingerprint density at radius 3 is 2.64 bits per heavy atom. The van der Waals surface area contributed by atoms with E-state index >= 15 is 0 Å². The summed E-state index contributed by atoms with van der Waals surface area (Å²) in [6.45, 7) is 0. The lowest BCUT2D eigenvalue weighted by Crippen LogP contribution is -1.89. The Labute approximate surface area is 66.7 Å². The maximum absolute atomic E-state index is 11.1. The minimum Gasteiger partial charge on any atom is -0.250 e. The van der Waals surface area contributed by atoms with Crippen LogP contribution >= 0.6 is 0 Å². The molecule has 1 rings (SSSR count). The Morgan fingerprint density at radius 2 is 2.18 bits per heavy atom. The van der Waals surface area contributed by atoms with Gasteiger partial charge in [-0.05, 0) is 12.1 Å². The molecule has 0 atom stereocenters. The normalized spacial score (nSPS) is 11.1. The average Bonchev–Trinajstić information content (AvgIpc) is 1.85. The van der Waals surface area contributed by atoms with Gasteiger partial charge in [0.1, 0.15) is 0 Å². The first kappa shape index (κ1) is 8.20. The molecule has 0 aliphatic heterocycles. The van der Waals surface area contributed by atoms with Gasteiger partial charge in [-0.2, -0.15) is 4.36 Å². The van der Waals surface area contributed by atoms with Gasteiger partial charge in [-0.1, -0.05) is 6.07 Å². The van der Waals surface area contributed by atoms with Gasteiger partial charge < -0.3 is 0 Å². The van der Waals surface area contributed by atoms with E-state index in [1.807, 2.05) is 6.07 Å². The van der Waals surface area contributed by atoms with Crippen LogP contribution < -0.4 is 0 Å². The van der Waals surface area contributed by atoms with E-state index in [9.17, 15) is 4.21 Å². The molecule has 1 heterocycles. The van der Waals surface area contributed by atoms with E-state index in [-0.39, 0.29) is 0 Å². The highest BCUT2D eigenvalue weighted by atomic mass is 32.2. The van der Waals surface area contributed by atoms with Crippen LogP contribution in [0, 0.1) is 0 Å². The topological polar surface area (TPSA) is 42.3 Å². The molecule has 0 saturated carbocycles. The Bertz CT molecular complexity index is 331.